The van der Waals surface area contributed by atoms with Crippen LogP contribution in [0.4, 0.5) is 15.8 Å². The fourth-order valence-corrected chi connectivity index (χ4v) is 1.83. The predicted octanol–water partition coefficient (Wildman–Crippen LogP) is 2.97. The van der Waals surface area contributed by atoms with Crippen molar-refractivity contribution >= 4 is 17.3 Å². The van der Waals surface area contributed by atoms with E-state index < -0.39 is 22.8 Å². The standard InChI is InChI=1S/C14H11FN2O4/c15-11-7-6-10(17(20)21)8-12(11)16-13(14(18)19)9-4-2-1-3-5-9/h1-8,13,16H,(H,18,19). The van der Waals surface area contributed by atoms with Gasteiger partial charge in [0.15, 0.2) is 6.04 Å². The van der Waals surface area contributed by atoms with Gasteiger partial charge in [0.25, 0.3) is 5.69 Å². The van der Waals surface area contributed by atoms with Gasteiger partial charge in [-0.25, -0.2) is 9.18 Å². The Morgan fingerprint density at radius 3 is 2.48 bits per heavy atom. The molecule has 0 saturated carbocycles. The van der Waals surface area contributed by atoms with Crippen molar-refractivity contribution in [2.24, 2.45) is 0 Å². The van der Waals surface area contributed by atoms with Gasteiger partial charge in [0.05, 0.1) is 10.6 Å². The van der Waals surface area contributed by atoms with E-state index in [1.807, 2.05) is 0 Å². The minimum atomic E-state index is -1.22. The second-order valence-electron chi connectivity index (χ2n) is 4.25. The summed E-state index contributed by atoms with van der Waals surface area (Å²) < 4.78 is 13.7. The Bertz CT molecular complexity index is 676. The SMILES string of the molecule is O=C(O)C(Nc1cc([N+](=O)[O-])ccc1F)c1ccccc1. The van der Waals surface area contributed by atoms with Crippen LogP contribution in [0.15, 0.2) is 48.5 Å². The summed E-state index contributed by atoms with van der Waals surface area (Å²) >= 11 is 0. The third kappa shape index (κ3) is 3.33. The Hall–Kier alpha value is -2.96. The summed E-state index contributed by atoms with van der Waals surface area (Å²) in [5.74, 6) is -1.98. The molecule has 1 atom stereocenters. The molecule has 0 radical (unpaired) electrons. The Morgan fingerprint density at radius 1 is 1.24 bits per heavy atom. The molecule has 2 rings (SSSR count). The van der Waals surface area contributed by atoms with Gasteiger partial charge in [-0.15, -0.1) is 0 Å². The molecule has 108 valence electrons. The summed E-state index contributed by atoms with van der Waals surface area (Å²) in [6.07, 6.45) is 0. The van der Waals surface area contributed by atoms with Gasteiger partial charge >= 0.3 is 5.97 Å². The number of anilines is 1. The number of hydrogen-bond donors (Lipinski definition) is 2. The molecule has 6 nitrogen and oxygen atoms in total. The van der Waals surface area contributed by atoms with Gasteiger partial charge < -0.3 is 10.4 Å². The number of hydrogen-bond acceptors (Lipinski definition) is 4. The van der Waals surface area contributed by atoms with Crippen molar-refractivity contribution in [3.05, 3.63) is 70.0 Å². The largest absolute Gasteiger partial charge is 0.479 e. The molecular weight excluding hydrogens is 279 g/mol. The van der Waals surface area contributed by atoms with Crippen molar-refractivity contribution in [3.8, 4) is 0 Å². The quantitative estimate of drug-likeness (QED) is 0.652. The molecule has 0 bridgehead atoms. The number of aliphatic carboxylic acids is 1. The molecule has 0 heterocycles. The van der Waals surface area contributed by atoms with Gasteiger partial charge in [0, 0.05) is 12.1 Å². The number of non-ortho nitro benzene ring substituents is 1. The number of benzene rings is 2. The van der Waals surface area contributed by atoms with Crippen molar-refractivity contribution in [2.45, 2.75) is 6.04 Å². The van der Waals surface area contributed by atoms with Crippen LogP contribution in [-0.4, -0.2) is 16.0 Å². The summed E-state index contributed by atoms with van der Waals surface area (Å²) in [7, 11) is 0. The van der Waals surface area contributed by atoms with E-state index in [0.717, 1.165) is 18.2 Å². The average Bonchev–Trinajstić information content (AvgIpc) is 2.46. The van der Waals surface area contributed by atoms with Crippen molar-refractivity contribution < 1.29 is 19.2 Å². The first kappa shape index (κ1) is 14.4. The highest BCUT2D eigenvalue weighted by atomic mass is 19.1. The van der Waals surface area contributed by atoms with E-state index >= 15 is 0 Å². The first-order chi connectivity index (χ1) is 9.99. The highest BCUT2D eigenvalue weighted by molar-refractivity contribution is 5.79. The van der Waals surface area contributed by atoms with Gasteiger partial charge in [-0.1, -0.05) is 30.3 Å². The van der Waals surface area contributed by atoms with Crippen LogP contribution in [0.25, 0.3) is 0 Å². The second kappa shape index (κ2) is 6.00. The maximum absolute atomic E-state index is 13.7. The highest BCUT2D eigenvalue weighted by Crippen LogP contribution is 2.26. The number of carboxylic acids is 1. The molecule has 0 fully saturated rings. The van der Waals surface area contributed by atoms with Crippen LogP contribution in [0, 0.1) is 15.9 Å². The zero-order valence-electron chi connectivity index (χ0n) is 10.7. The summed E-state index contributed by atoms with van der Waals surface area (Å²) in [5.41, 5.74) is -0.146. The Labute approximate surface area is 119 Å². The van der Waals surface area contributed by atoms with Crippen molar-refractivity contribution in [1.82, 2.24) is 0 Å². The number of rotatable bonds is 5. The van der Waals surface area contributed by atoms with E-state index in [1.54, 1.807) is 30.3 Å². The monoisotopic (exact) mass is 290 g/mol. The van der Waals surface area contributed by atoms with Crippen LogP contribution in [-0.2, 0) is 4.79 Å². The number of nitrogens with one attached hydrogen (secondary N) is 1. The van der Waals surface area contributed by atoms with Crippen molar-refractivity contribution in [3.63, 3.8) is 0 Å². The smallest absolute Gasteiger partial charge is 0.330 e. The Kier molecular flexibility index (Phi) is 4.13. The van der Waals surface area contributed by atoms with Crippen molar-refractivity contribution in [1.29, 1.82) is 0 Å². The number of nitro benzene ring substituents is 1. The van der Waals surface area contributed by atoms with Crippen LogP contribution in [0.3, 0.4) is 0 Å². The molecule has 0 amide bonds. The molecule has 21 heavy (non-hydrogen) atoms. The van der Waals surface area contributed by atoms with Crippen LogP contribution in [0.1, 0.15) is 11.6 Å². The lowest BCUT2D eigenvalue weighted by Crippen LogP contribution is -2.21. The normalized spacial score (nSPS) is 11.7. The van der Waals surface area contributed by atoms with E-state index in [-0.39, 0.29) is 11.4 Å². The van der Waals surface area contributed by atoms with E-state index in [0.29, 0.717) is 5.56 Å². The molecule has 2 N–H and O–H groups in total. The van der Waals surface area contributed by atoms with Crippen molar-refractivity contribution in [2.75, 3.05) is 5.32 Å². The third-order valence-corrected chi connectivity index (χ3v) is 2.84. The predicted molar refractivity (Wildman–Crippen MR) is 73.5 cm³/mol. The number of halogens is 1. The maximum Gasteiger partial charge on any atom is 0.330 e. The molecule has 0 aliphatic rings. The summed E-state index contributed by atoms with van der Waals surface area (Å²) in [6, 6.07) is 9.85. The minimum absolute atomic E-state index is 0.236. The van der Waals surface area contributed by atoms with Gasteiger partial charge in [0.1, 0.15) is 5.82 Å². The number of nitrogens with zero attached hydrogens (tertiary/aromatic N) is 1. The highest BCUT2D eigenvalue weighted by Gasteiger charge is 2.22. The zero-order chi connectivity index (χ0) is 15.4. The second-order valence-corrected chi connectivity index (χ2v) is 4.25. The van der Waals surface area contributed by atoms with Gasteiger partial charge in [-0.2, -0.15) is 0 Å². The first-order valence-electron chi connectivity index (χ1n) is 5.97. The lowest BCUT2D eigenvalue weighted by Gasteiger charge is -2.16. The molecule has 2 aromatic carbocycles. The molecule has 1 unspecified atom stereocenters. The third-order valence-electron chi connectivity index (χ3n) is 2.84. The average molecular weight is 290 g/mol. The topological polar surface area (TPSA) is 92.5 Å². The van der Waals surface area contributed by atoms with Gasteiger partial charge in [0.2, 0.25) is 0 Å². The molecule has 0 spiro atoms. The minimum Gasteiger partial charge on any atom is -0.479 e. The molecule has 0 aliphatic carbocycles. The van der Waals surface area contributed by atoms with Crippen LogP contribution < -0.4 is 5.32 Å². The zero-order valence-corrected chi connectivity index (χ0v) is 10.7. The molecule has 0 saturated heterocycles. The van der Waals surface area contributed by atoms with Gasteiger partial charge in [-0.3, -0.25) is 10.1 Å². The number of carbonyl (C=O) groups is 1. The van der Waals surface area contributed by atoms with Crippen LogP contribution in [0.2, 0.25) is 0 Å². The Morgan fingerprint density at radius 2 is 1.90 bits per heavy atom. The van der Waals surface area contributed by atoms with E-state index in [4.69, 9.17) is 0 Å². The van der Waals surface area contributed by atoms with E-state index in [9.17, 15) is 24.4 Å². The summed E-state index contributed by atoms with van der Waals surface area (Å²) in [6.45, 7) is 0. The molecule has 0 aromatic heterocycles. The fraction of sp³-hybridized carbons (Fsp3) is 0.0714. The lowest BCUT2D eigenvalue weighted by atomic mass is 10.1. The summed E-state index contributed by atoms with van der Waals surface area (Å²) in [4.78, 5) is 21.3. The van der Waals surface area contributed by atoms with Crippen LogP contribution in [0.5, 0.6) is 0 Å². The van der Waals surface area contributed by atoms with E-state index in [2.05, 4.69) is 5.32 Å². The maximum atomic E-state index is 13.7. The molecule has 2 aromatic rings. The molecule has 7 heteroatoms. The number of nitro groups is 1. The molecular formula is C14H11FN2O4. The van der Waals surface area contributed by atoms with Crippen LogP contribution >= 0.6 is 0 Å². The number of carboxylic acid groups (broad SMARTS) is 1. The fourth-order valence-electron chi connectivity index (χ4n) is 1.83. The Balaban J connectivity index is 2.36. The summed E-state index contributed by atoms with van der Waals surface area (Å²) in [5, 5.41) is 22.4. The first-order valence-corrected chi connectivity index (χ1v) is 5.97. The lowest BCUT2D eigenvalue weighted by molar-refractivity contribution is -0.384. The van der Waals surface area contributed by atoms with E-state index in [1.165, 1.54) is 0 Å². The van der Waals surface area contributed by atoms with Gasteiger partial charge in [-0.05, 0) is 11.6 Å². The molecule has 0 aliphatic heterocycles.